The minimum absolute atomic E-state index is 0.0154. The first kappa shape index (κ1) is 20.2. The molecular weight excluding hydrogens is 354 g/mol. The molecule has 3 amide bonds. The lowest BCUT2D eigenvalue weighted by Gasteiger charge is -2.36. The van der Waals surface area contributed by atoms with Crippen molar-refractivity contribution < 1.29 is 19.1 Å². The van der Waals surface area contributed by atoms with Crippen LogP contribution in [0.15, 0.2) is 12.1 Å². The average molecular weight is 381 g/mol. The van der Waals surface area contributed by atoms with Crippen LogP contribution in [-0.2, 0) is 9.53 Å². The van der Waals surface area contributed by atoms with Gasteiger partial charge in [-0.1, -0.05) is 13.8 Å². The fourth-order valence-electron chi connectivity index (χ4n) is 2.95. The summed E-state index contributed by atoms with van der Waals surface area (Å²) >= 11 is 1.48. The zero-order chi connectivity index (χ0) is 19.3. The van der Waals surface area contributed by atoms with Crippen LogP contribution in [0.5, 0.6) is 0 Å². The third-order valence-corrected chi connectivity index (χ3v) is 5.30. The zero-order valence-corrected chi connectivity index (χ0v) is 16.6. The maximum atomic E-state index is 12.8. The summed E-state index contributed by atoms with van der Waals surface area (Å²) in [5, 5.41) is 2.63. The maximum absolute atomic E-state index is 12.8. The van der Waals surface area contributed by atoms with E-state index < -0.39 is 12.1 Å². The number of carbonyl (C=O) groups is 3. The smallest absolute Gasteiger partial charge is 0.407 e. The molecule has 2 heterocycles. The van der Waals surface area contributed by atoms with Crippen molar-refractivity contribution in [1.29, 1.82) is 0 Å². The zero-order valence-electron chi connectivity index (χ0n) is 15.8. The van der Waals surface area contributed by atoms with Crippen molar-refractivity contribution in [3.8, 4) is 0 Å². The van der Waals surface area contributed by atoms with E-state index in [2.05, 4.69) is 10.1 Å². The van der Waals surface area contributed by atoms with Crippen LogP contribution in [-0.4, -0.2) is 67.0 Å². The van der Waals surface area contributed by atoms with Gasteiger partial charge < -0.3 is 19.9 Å². The second-order valence-corrected chi connectivity index (χ2v) is 8.13. The molecular formula is C18H27N3O4S. The molecule has 144 valence electrons. The van der Waals surface area contributed by atoms with E-state index in [0.29, 0.717) is 32.6 Å². The Morgan fingerprint density at radius 1 is 1.15 bits per heavy atom. The van der Waals surface area contributed by atoms with Crippen LogP contribution in [0.1, 0.15) is 34.8 Å². The fraction of sp³-hybridized carbons (Fsp3) is 0.611. The number of ether oxygens (including phenoxy) is 1. The van der Waals surface area contributed by atoms with Crippen molar-refractivity contribution in [2.24, 2.45) is 5.92 Å². The normalized spacial score (nSPS) is 15.7. The van der Waals surface area contributed by atoms with Crippen molar-refractivity contribution in [3.63, 3.8) is 0 Å². The van der Waals surface area contributed by atoms with Crippen LogP contribution in [0.2, 0.25) is 0 Å². The molecule has 7 nitrogen and oxygen atoms in total. The number of alkyl carbamates (subject to hydrolysis) is 1. The maximum Gasteiger partial charge on any atom is 0.407 e. The monoisotopic (exact) mass is 381 g/mol. The lowest BCUT2D eigenvalue weighted by atomic mass is 10.0. The minimum Gasteiger partial charge on any atom is -0.453 e. The first-order valence-electron chi connectivity index (χ1n) is 8.80. The molecule has 8 heteroatoms. The minimum atomic E-state index is -0.607. The molecule has 0 saturated carbocycles. The van der Waals surface area contributed by atoms with Gasteiger partial charge in [0.1, 0.15) is 6.04 Å². The van der Waals surface area contributed by atoms with E-state index in [1.165, 1.54) is 18.4 Å². The number of hydrogen-bond donors (Lipinski definition) is 1. The van der Waals surface area contributed by atoms with Gasteiger partial charge in [0.2, 0.25) is 5.91 Å². The molecule has 1 aromatic heterocycles. The molecule has 1 aliphatic rings. The van der Waals surface area contributed by atoms with E-state index in [9.17, 15) is 14.4 Å². The molecule has 0 bridgehead atoms. The number of carbonyl (C=O) groups excluding carboxylic acids is 3. The number of thiophene rings is 1. The van der Waals surface area contributed by atoms with Crippen LogP contribution in [0.3, 0.4) is 0 Å². The molecule has 1 atom stereocenters. The molecule has 0 spiro atoms. The topological polar surface area (TPSA) is 79.0 Å². The summed E-state index contributed by atoms with van der Waals surface area (Å²) in [6.07, 6.45) is -0.0625. The van der Waals surface area contributed by atoms with Gasteiger partial charge >= 0.3 is 6.09 Å². The van der Waals surface area contributed by atoms with Crippen LogP contribution < -0.4 is 5.32 Å². The van der Waals surface area contributed by atoms with Crippen molar-refractivity contribution in [1.82, 2.24) is 15.1 Å². The van der Waals surface area contributed by atoms with Gasteiger partial charge in [0.05, 0.1) is 12.0 Å². The van der Waals surface area contributed by atoms with Crippen molar-refractivity contribution in [2.75, 3.05) is 33.3 Å². The van der Waals surface area contributed by atoms with Crippen LogP contribution >= 0.6 is 11.3 Å². The number of rotatable bonds is 5. The molecule has 1 aliphatic heterocycles. The highest BCUT2D eigenvalue weighted by Crippen LogP contribution is 2.18. The molecule has 0 radical (unpaired) electrons. The predicted octanol–water partition coefficient (Wildman–Crippen LogP) is 2.11. The van der Waals surface area contributed by atoms with E-state index in [1.54, 1.807) is 9.80 Å². The Balaban J connectivity index is 1.94. The van der Waals surface area contributed by atoms with Gasteiger partial charge in [-0.2, -0.15) is 0 Å². The molecule has 1 N–H and O–H groups in total. The molecule has 1 aromatic rings. The molecule has 0 aromatic carbocycles. The number of piperazine rings is 1. The van der Waals surface area contributed by atoms with Gasteiger partial charge in [-0.15, -0.1) is 11.3 Å². The summed E-state index contributed by atoms with van der Waals surface area (Å²) in [4.78, 5) is 42.2. The Labute approximate surface area is 158 Å². The van der Waals surface area contributed by atoms with E-state index in [-0.39, 0.29) is 17.7 Å². The van der Waals surface area contributed by atoms with Crippen molar-refractivity contribution >= 4 is 29.2 Å². The quantitative estimate of drug-likeness (QED) is 0.847. The van der Waals surface area contributed by atoms with Gasteiger partial charge in [-0.05, 0) is 31.4 Å². The Hall–Kier alpha value is -2.09. The van der Waals surface area contributed by atoms with E-state index in [1.807, 2.05) is 32.9 Å². The molecule has 0 aliphatic carbocycles. The van der Waals surface area contributed by atoms with E-state index in [0.717, 1.165) is 9.75 Å². The Kier molecular flexibility index (Phi) is 7.02. The van der Waals surface area contributed by atoms with E-state index >= 15 is 0 Å². The summed E-state index contributed by atoms with van der Waals surface area (Å²) in [6.45, 7) is 7.89. The first-order chi connectivity index (χ1) is 12.3. The van der Waals surface area contributed by atoms with Crippen molar-refractivity contribution in [2.45, 2.75) is 33.2 Å². The Morgan fingerprint density at radius 3 is 2.27 bits per heavy atom. The molecule has 2 rings (SSSR count). The van der Waals surface area contributed by atoms with Gasteiger partial charge in [0, 0.05) is 31.1 Å². The summed E-state index contributed by atoms with van der Waals surface area (Å²) in [6, 6.07) is 3.18. The Bertz CT molecular complexity index is 651. The lowest BCUT2D eigenvalue weighted by Crippen LogP contribution is -2.56. The van der Waals surface area contributed by atoms with Gasteiger partial charge in [0.15, 0.2) is 0 Å². The average Bonchev–Trinajstić information content (AvgIpc) is 3.06. The molecule has 1 saturated heterocycles. The van der Waals surface area contributed by atoms with Crippen LogP contribution in [0.25, 0.3) is 0 Å². The van der Waals surface area contributed by atoms with Crippen LogP contribution in [0.4, 0.5) is 4.79 Å². The summed E-state index contributed by atoms with van der Waals surface area (Å²) in [7, 11) is 1.28. The summed E-state index contributed by atoms with van der Waals surface area (Å²) in [5.41, 5.74) is 0. The predicted molar refractivity (Wildman–Crippen MR) is 100 cm³/mol. The highest BCUT2D eigenvalue weighted by Gasteiger charge is 2.31. The Morgan fingerprint density at radius 2 is 1.77 bits per heavy atom. The second-order valence-electron chi connectivity index (χ2n) is 6.85. The largest absolute Gasteiger partial charge is 0.453 e. The van der Waals surface area contributed by atoms with Gasteiger partial charge in [-0.3, -0.25) is 9.59 Å². The first-order valence-corrected chi connectivity index (χ1v) is 9.62. The highest BCUT2D eigenvalue weighted by atomic mass is 32.1. The highest BCUT2D eigenvalue weighted by molar-refractivity contribution is 7.13. The number of methoxy groups -OCH3 is 1. The molecule has 1 fully saturated rings. The number of aryl methyl sites for hydroxylation is 1. The standard InChI is InChI=1S/C18H27N3O4S/c1-12(2)11-14(19-18(24)25-4)16(22)20-7-9-21(10-8-20)17(23)15-6-5-13(3)26-15/h5-6,12,14H,7-11H2,1-4H3,(H,19,24). The molecule has 1 unspecified atom stereocenters. The number of nitrogens with zero attached hydrogens (tertiary/aromatic N) is 2. The van der Waals surface area contributed by atoms with E-state index in [4.69, 9.17) is 0 Å². The van der Waals surface area contributed by atoms with Crippen LogP contribution in [0, 0.1) is 12.8 Å². The number of nitrogens with one attached hydrogen (secondary N) is 1. The van der Waals surface area contributed by atoms with Gasteiger partial charge in [-0.25, -0.2) is 4.79 Å². The third kappa shape index (κ3) is 5.20. The summed E-state index contributed by atoms with van der Waals surface area (Å²) in [5.74, 6) is 0.149. The fourth-order valence-corrected chi connectivity index (χ4v) is 3.79. The molecule has 26 heavy (non-hydrogen) atoms. The number of hydrogen-bond acceptors (Lipinski definition) is 5. The second kappa shape index (κ2) is 9.02. The third-order valence-electron chi connectivity index (χ3n) is 4.31. The summed E-state index contributed by atoms with van der Waals surface area (Å²) < 4.78 is 4.63. The van der Waals surface area contributed by atoms with Crippen molar-refractivity contribution in [3.05, 3.63) is 21.9 Å². The lowest BCUT2D eigenvalue weighted by molar-refractivity contribution is -0.135. The number of amides is 3. The van der Waals surface area contributed by atoms with Gasteiger partial charge in [0.25, 0.3) is 5.91 Å². The SMILES string of the molecule is COC(=O)NC(CC(C)C)C(=O)N1CCN(C(=O)c2ccc(C)s2)CC1.